The molecule has 4 heteroatoms. The van der Waals surface area contributed by atoms with E-state index in [2.05, 4.69) is 123 Å². The highest BCUT2D eigenvalue weighted by Gasteiger charge is 2.36. The summed E-state index contributed by atoms with van der Waals surface area (Å²) < 4.78 is 0. The first-order chi connectivity index (χ1) is 26.0. The lowest BCUT2D eigenvalue weighted by Gasteiger charge is -2.22. The van der Waals surface area contributed by atoms with Gasteiger partial charge in [0.2, 0.25) is 0 Å². The first-order valence-corrected chi connectivity index (χ1v) is 18.1. The molecule has 0 saturated heterocycles. The smallest absolute Gasteiger partial charge is 0.164 e. The molecular weight excluding hydrogens is 645 g/mol. The summed E-state index contributed by atoms with van der Waals surface area (Å²) in [5.41, 5.74) is 13.3. The van der Waals surface area contributed by atoms with Crippen molar-refractivity contribution in [3.8, 4) is 67.7 Å². The van der Waals surface area contributed by atoms with Crippen molar-refractivity contribution in [1.82, 2.24) is 19.9 Å². The third kappa shape index (κ3) is 5.30. The molecular formula is C49H34N4. The number of benzene rings is 7. The van der Waals surface area contributed by atoms with Gasteiger partial charge < -0.3 is 0 Å². The van der Waals surface area contributed by atoms with Gasteiger partial charge in [-0.1, -0.05) is 153 Å². The number of aromatic nitrogens is 4. The van der Waals surface area contributed by atoms with E-state index in [1.54, 1.807) is 0 Å². The van der Waals surface area contributed by atoms with E-state index in [1.165, 1.54) is 44.2 Å². The number of pyridine rings is 1. The first-order valence-electron chi connectivity index (χ1n) is 18.1. The van der Waals surface area contributed by atoms with Crippen molar-refractivity contribution in [3.05, 3.63) is 181 Å². The fraction of sp³-hybridized carbons (Fsp3) is 0.0612. The van der Waals surface area contributed by atoms with E-state index < -0.39 is 0 Å². The van der Waals surface area contributed by atoms with Crippen LogP contribution in [0.5, 0.6) is 0 Å². The average Bonchev–Trinajstić information content (AvgIpc) is 3.45. The molecule has 2 aromatic heterocycles. The molecule has 250 valence electrons. The number of hydrogen-bond donors (Lipinski definition) is 0. The van der Waals surface area contributed by atoms with E-state index in [0.29, 0.717) is 17.5 Å². The van der Waals surface area contributed by atoms with Gasteiger partial charge >= 0.3 is 0 Å². The van der Waals surface area contributed by atoms with Gasteiger partial charge in [0.25, 0.3) is 0 Å². The quantitative estimate of drug-likeness (QED) is 0.182. The lowest BCUT2D eigenvalue weighted by molar-refractivity contribution is 0.661. The molecule has 2 heterocycles. The minimum Gasteiger partial charge on any atom is -0.248 e. The van der Waals surface area contributed by atoms with Crippen molar-refractivity contribution in [2.45, 2.75) is 19.3 Å². The molecule has 0 fully saturated rings. The molecule has 0 atom stereocenters. The van der Waals surface area contributed by atoms with Gasteiger partial charge in [-0.2, -0.15) is 0 Å². The number of fused-ring (bicyclic) bond motifs is 5. The van der Waals surface area contributed by atoms with Crippen LogP contribution in [-0.2, 0) is 5.41 Å². The Labute approximate surface area is 308 Å². The van der Waals surface area contributed by atoms with Crippen LogP contribution in [-0.4, -0.2) is 19.9 Å². The summed E-state index contributed by atoms with van der Waals surface area (Å²) in [4.78, 5) is 20.0. The van der Waals surface area contributed by atoms with Crippen LogP contribution in [0.1, 0.15) is 25.0 Å². The molecule has 0 saturated carbocycles. The molecule has 53 heavy (non-hydrogen) atoms. The molecule has 10 rings (SSSR count). The minimum atomic E-state index is -0.222. The molecule has 1 aliphatic carbocycles. The van der Waals surface area contributed by atoms with Crippen molar-refractivity contribution < 1.29 is 0 Å². The van der Waals surface area contributed by atoms with Crippen LogP contribution in [0.3, 0.4) is 0 Å². The molecule has 0 unspecified atom stereocenters. The number of rotatable bonds is 5. The molecule has 0 bridgehead atoms. The highest BCUT2D eigenvalue weighted by Crippen LogP contribution is 2.50. The predicted octanol–water partition coefficient (Wildman–Crippen LogP) is 12.2. The van der Waals surface area contributed by atoms with Crippen LogP contribution in [0.4, 0.5) is 0 Å². The second-order valence-electron chi connectivity index (χ2n) is 14.3. The van der Waals surface area contributed by atoms with E-state index in [0.717, 1.165) is 38.9 Å². The van der Waals surface area contributed by atoms with Crippen LogP contribution in [0, 0.1) is 0 Å². The zero-order valence-corrected chi connectivity index (χ0v) is 29.5. The second kappa shape index (κ2) is 12.2. The van der Waals surface area contributed by atoms with E-state index in [4.69, 9.17) is 19.9 Å². The highest BCUT2D eigenvalue weighted by atomic mass is 15.0. The topological polar surface area (TPSA) is 51.6 Å². The monoisotopic (exact) mass is 678 g/mol. The standard InChI is InChI=1S/C49H34N4/c1-49(2)42-29-35(34-22-26-44-36(28-34)23-27-45(50-44)41-19-11-17-31-12-9-10-18-38(31)41)20-24-39(42)40-25-21-37(30-43(40)49)48-52-46(32-13-5-3-6-14-32)51-47(53-48)33-15-7-4-8-16-33/h3-30H,1-2H3. The highest BCUT2D eigenvalue weighted by molar-refractivity contribution is 5.97. The van der Waals surface area contributed by atoms with E-state index >= 15 is 0 Å². The van der Waals surface area contributed by atoms with Crippen molar-refractivity contribution in [3.63, 3.8) is 0 Å². The van der Waals surface area contributed by atoms with Crippen LogP contribution in [0.2, 0.25) is 0 Å². The SMILES string of the molecule is CC1(C)c2cc(-c3ccc4nc(-c5cccc6ccccc56)ccc4c3)ccc2-c2ccc(-c3nc(-c4ccccc4)nc(-c4ccccc4)n3)cc21. The Morgan fingerprint density at radius 3 is 1.60 bits per heavy atom. The predicted molar refractivity (Wildman–Crippen MR) is 217 cm³/mol. The Morgan fingerprint density at radius 2 is 0.906 bits per heavy atom. The maximum Gasteiger partial charge on any atom is 0.164 e. The normalized spacial score (nSPS) is 12.9. The van der Waals surface area contributed by atoms with Crippen molar-refractivity contribution in [2.75, 3.05) is 0 Å². The van der Waals surface area contributed by atoms with Crippen LogP contribution in [0.15, 0.2) is 170 Å². The molecule has 0 aliphatic heterocycles. The second-order valence-corrected chi connectivity index (χ2v) is 14.3. The summed E-state index contributed by atoms with van der Waals surface area (Å²) in [6.07, 6.45) is 0. The van der Waals surface area contributed by atoms with Gasteiger partial charge in [-0.05, 0) is 74.5 Å². The van der Waals surface area contributed by atoms with E-state index in [9.17, 15) is 0 Å². The summed E-state index contributed by atoms with van der Waals surface area (Å²) in [6.45, 7) is 4.64. The number of nitrogens with zero attached hydrogens (tertiary/aromatic N) is 4. The van der Waals surface area contributed by atoms with Gasteiger partial charge in [0.15, 0.2) is 17.5 Å². The third-order valence-corrected chi connectivity index (χ3v) is 10.7. The van der Waals surface area contributed by atoms with Gasteiger partial charge in [0, 0.05) is 33.1 Å². The summed E-state index contributed by atoms with van der Waals surface area (Å²) in [7, 11) is 0. The van der Waals surface area contributed by atoms with Gasteiger partial charge in [-0.25, -0.2) is 19.9 Å². The fourth-order valence-electron chi connectivity index (χ4n) is 7.90. The maximum absolute atomic E-state index is 5.10. The Hall–Kier alpha value is -6.78. The molecule has 0 radical (unpaired) electrons. The maximum atomic E-state index is 5.10. The summed E-state index contributed by atoms with van der Waals surface area (Å²) in [6, 6.07) is 59.7. The van der Waals surface area contributed by atoms with Crippen molar-refractivity contribution in [1.29, 1.82) is 0 Å². The fourth-order valence-corrected chi connectivity index (χ4v) is 7.90. The third-order valence-electron chi connectivity index (χ3n) is 10.7. The Balaban J connectivity index is 1.01. The zero-order chi connectivity index (χ0) is 35.5. The Morgan fingerprint density at radius 1 is 0.358 bits per heavy atom. The van der Waals surface area contributed by atoms with Gasteiger partial charge in [-0.3, -0.25) is 0 Å². The Bertz CT molecular complexity index is 2800. The zero-order valence-electron chi connectivity index (χ0n) is 29.5. The molecule has 0 amide bonds. The van der Waals surface area contributed by atoms with Crippen molar-refractivity contribution in [2.24, 2.45) is 0 Å². The van der Waals surface area contributed by atoms with Crippen molar-refractivity contribution >= 4 is 21.7 Å². The van der Waals surface area contributed by atoms with Crippen LogP contribution in [0.25, 0.3) is 89.4 Å². The molecule has 7 aromatic carbocycles. The summed E-state index contributed by atoms with van der Waals surface area (Å²) in [5.74, 6) is 2.00. The largest absolute Gasteiger partial charge is 0.248 e. The van der Waals surface area contributed by atoms with Gasteiger partial charge in [0.05, 0.1) is 11.2 Å². The summed E-state index contributed by atoms with van der Waals surface area (Å²) in [5, 5.41) is 3.57. The molecule has 0 spiro atoms. The van der Waals surface area contributed by atoms with Crippen LogP contribution < -0.4 is 0 Å². The molecule has 1 aliphatic rings. The lowest BCUT2D eigenvalue weighted by Crippen LogP contribution is -2.15. The molecule has 0 N–H and O–H groups in total. The Kier molecular flexibility index (Phi) is 7.12. The minimum absolute atomic E-state index is 0.222. The van der Waals surface area contributed by atoms with E-state index in [1.807, 2.05) is 60.7 Å². The first kappa shape index (κ1) is 31.0. The summed E-state index contributed by atoms with van der Waals surface area (Å²) >= 11 is 0. The lowest BCUT2D eigenvalue weighted by atomic mass is 9.81. The van der Waals surface area contributed by atoms with E-state index in [-0.39, 0.29) is 5.41 Å². The van der Waals surface area contributed by atoms with Gasteiger partial charge in [-0.15, -0.1) is 0 Å². The molecule has 4 nitrogen and oxygen atoms in total. The van der Waals surface area contributed by atoms with Gasteiger partial charge in [0.1, 0.15) is 0 Å². The molecule has 9 aromatic rings. The number of hydrogen-bond acceptors (Lipinski definition) is 4. The average molecular weight is 679 g/mol. The van der Waals surface area contributed by atoms with Crippen LogP contribution >= 0.6 is 0 Å².